The van der Waals surface area contributed by atoms with Crippen LogP contribution in [-0.4, -0.2) is 25.2 Å². The summed E-state index contributed by atoms with van der Waals surface area (Å²) >= 11 is 0. The summed E-state index contributed by atoms with van der Waals surface area (Å²) in [5.74, 6) is 1.90. The van der Waals surface area contributed by atoms with Crippen LogP contribution < -0.4 is 0 Å². The van der Waals surface area contributed by atoms with E-state index in [9.17, 15) is 9.59 Å². The van der Waals surface area contributed by atoms with Gasteiger partial charge in [-0.15, -0.1) is 0 Å². The van der Waals surface area contributed by atoms with Gasteiger partial charge in [-0.3, -0.25) is 9.59 Å². The highest BCUT2D eigenvalue weighted by atomic mass is 16.5. The molecule has 4 heteroatoms. The Morgan fingerprint density at radius 1 is 0.600 bits per heavy atom. The Labute approximate surface area is 215 Å². The van der Waals surface area contributed by atoms with E-state index in [1.807, 2.05) is 0 Å². The van der Waals surface area contributed by atoms with Crippen molar-refractivity contribution in [1.82, 2.24) is 0 Å². The van der Waals surface area contributed by atoms with Crippen LogP contribution >= 0.6 is 0 Å². The lowest BCUT2D eigenvalue weighted by Crippen LogP contribution is -2.38. The highest BCUT2D eigenvalue weighted by molar-refractivity contribution is 5.82. The molecule has 0 heterocycles. The molecule has 0 radical (unpaired) electrons. The molecule has 35 heavy (non-hydrogen) atoms. The highest BCUT2D eigenvalue weighted by Gasteiger charge is 2.41. The number of hydrogen-bond donors (Lipinski definition) is 0. The first-order chi connectivity index (χ1) is 16.3. The molecule has 0 spiro atoms. The van der Waals surface area contributed by atoms with Crippen LogP contribution in [0.1, 0.15) is 119 Å². The van der Waals surface area contributed by atoms with Crippen molar-refractivity contribution < 1.29 is 19.1 Å². The van der Waals surface area contributed by atoms with Crippen molar-refractivity contribution in [3.8, 4) is 0 Å². The SMILES string of the molecule is CC1CCC(C(=O)OCC2CCC(C(C)(C)C)CC2)C(C(=O)OCC2CCC(C(C)(C)C)CC2)C1. The minimum atomic E-state index is -0.339. The molecule has 3 saturated carbocycles. The average Bonchev–Trinajstić information content (AvgIpc) is 2.80. The van der Waals surface area contributed by atoms with E-state index in [4.69, 9.17) is 9.47 Å². The number of hydrogen-bond acceptors (Lipinski definition) is 4. The maximum absolute atomic E-state index is 13.1. The normalized spacial score (nSPS) is 34.8. The summed E-state index contributed by atoms with van der Waals surface area (Å²) in [6, 6.07) is 0. The van der Waals surface area contributed by atoms with Crippen molar-refractivity contribution in [1.29, 1.82) is 0 Å². The van der Waals surface area contributed by atoms with E-state index in [0.29, 0.717) is 41.8 Å². The zero-order valence-electron chi connectivity index (χ0n) is 23.9. The van der Waals surface area contributed by atoms with Crippen molar-refractivity contribution in [2.24, 2.45) is 52.3 Å². The summed E-state index contributed by atoms with van der Waals surface area (Å²) in [4.78, 5) is 26.2. The summed E-state index contributed by atoms with van der Waals surface area (Å²) < 4.78 is 11.7. The van der Waals surface area contributed by atoms with Gasteiger partial charge in [-0.05, 0) is 111 Å². The Morgan fingerprint density at radius 2 is 1.00 bits per heavy atom. The van der Waals surface area contributed by atoms with E-state index in [0.717, 1.165) is 56.8 Å². The second kappa shape index (κ2) is 12.0. The van der Waals surface area contributed by atoms with E-state index in [2.05, 4.69) is 48.5 Å². The molecule has 3 rings (SSSR count). The van der Waals surface area contributed by atoms with Gasteiger partial charge in [-0.25, -0.2) is 0 Å². The third-order valence-electron chi connectivity index (χ3n) is 9.78. The molecule has 0 aromatic carbocycles. The summed E-state index contributed by atoms with van der Waals surface area (Å²) in [5, 5.41) is 0. The van der Waals surface area contributed by atoms with Crippen LogP contribution in [0.5, 0.6) is 0 Å². The molecule has 3 fully saturated rings. The van der Waals surface area contributed by atoms with E-state index in [1.165, 1.54) is 25.7 Å². The number of rotatable bonds is 6. The first-order valence-electron chi connectivity index (χ1n) is 14.7. The lowest BCUT2D eigenvalue weighted by Gasteiger charge is -2.37. The fourth-order valence-electron chi connectivity index (χ4n) is 6.93. The Bertz CT molecular complexity index is 684. The van der Waals surface area contributed by atoms with Gasteiger partial charge in [0.15, 0.2) is 0 Å². The summed E-state index contributed by atoms with van der Waals surface area (Å²) in [7, 11) is 0. The smallest absolute Gasteiger partial charge is 0.309 e. The van der Waals surface area contributed by atoms with Crippen LogP contribution in [0.15, 0.2) is 0 Å². The van der Waals surface area contributed by atoms with Crippen molar-refractivity contribution in [2.75, 3.05) is 13.2 Å². The number of ether oxygens (including phenoxy) is 2. The lowest BCUT2D eigenvalue weighted by atomic mass is 9.70. The minimum Gasteiger partial charge on any atom is -0.465 e. The number of carbonyl (C=O) groups is 2. The van der Waals surface area contributed by atoms with Gasteiger partial charge >= 0.3 is 11.9 Å². The lowest BCUT2D eigenvalue weighted by molar-refractivity contribution is -0.165. The van der Waals surface area contributed by atoms with Gasteiger partial charge in [0.2, 0.25) is 0 Å². The average molecular weight is 491 g/mol. The Balaban J connectivity index is 1.45. The molecule has 3 aliphatic carbocycles. The van der Waals surface area contributed by atoms with Crippen molar-refractivity contribution in [2.45, 2.75) is 119 Å². The Kier molecular flexibility index (Phi) is 9.77. The second-order valence-corrected chi connectivity index (χ2v) is 14.6. The van der Waals surface area contributed by atoms with Crippen LogP contribution in [-0.2, 0) is 19.1 Å². The molecule has 3 unspecified atom stereocenters. The van der Waals surface area contributed by atoms with Crippen LogP contribution in [0, 0.1) is 52.3 Å². The standard InChI is InChI=1S/C31H54O4/c1-21-8-17-26(28(32)34-19-22-9-13-24(14-10-22)30(2,3)4)27(18-21)29(33)35-20-23-11-15-25(16-12-23)31(5,6)7/h21-27H,8-20H2,1-7H3. The molecule has 4 nitrogen and oxygen atoms in total. The maximum Gasteiger partial charge on any atom is 0.309 e. The van der Waals surface area contributed by atoms with Gasteiger partial charge in [0.05, 0.1) is 25.0 Å². The molecule has 0 saturated heterocycles. The molecular weight excluding hydrogens is 436 g/mol. The van der Waals surface area contributed by atoms with Gasteiger partial charge in [0, 0.05) is 0 Å². The monoisotopic (exact) mass is 490 g/mol. The number of carbonyl (C=O) groups excluding carboxylic acids is 2. The molecule has 202 valence electrons. The quantitative estimate of drug-likeness (QED) is 0.356. The van der Waals surface area contributed by atoms with Crippen molar-refractivity contribution in [3.05, 3.63) is 0 Å². The summed E-state index contributed by atoms with van der Waals surface area (Å²) in [6.45, 7) is 17.2. The fourth-order valence-corrected chi connectivity index (χ4v) is 6.93. The number of esters is 2. The van der Waals surface area contributed by atoms with Crippen LogP contribution in [0.25, 0.3) is 0 Å². The molecule has 0 amide bonds. The van der Waals surface area contributed by atoms with Gasteiger partial charge in [-0.2, -0.15) is 0 Å². The van der Waals surface area contributed by atoms with Crippen LogP contribution in [0.4, 0.5) is 0 Å². The fraction of sp³-hybridized carbons (Fsp3) is 0.935. The molecule has 3 atom stereocenters. The minimum absolute atomic E-state index is 0.164. The molecular formula is C31H54O4. The highest BCUT2D eigenvalue weighted by Crippen LogP contribution is 2.42. The first-order valence-corrected chi connectivity index (χ1v) is 14.7. The molecule has 0 aromatic rings. The van der Waals surface area contributed by atoms with E-state index in [1.54, 1.807) is 0 Å². The topological polar surface area (TPSA) is 52.6 Å². The predicted molar refractivity (Wildman–Crippen MR) is 142 cm³/mol. The van der Waals surface area contributed by atoms with E-state index in [-0.39, 0.29) is 23.8 Å². The molecule has 0 aromatic heterocycles. The van der Waals surface area contributed by atoms with Gasteiger partial charge in [0.25, 0.3) is 0 Å². The van der Waals surface area contributed by atoms with Gasteiger partial charge < -0.3 is 9.47 Å². The third-order valence-corrected chi connectivity index (χ3v) is 9.78. The zero-order chi connectivity index (χ0) is 25.8. The zero-order valence-corrected chi connectivity index (χ0v) is 23.9. The van der Waals surface area contributed by atoms with E-state index < -0.39 is 0 Å². The van der Waals surface area contributed by atoms with Crippen LogP contribution in [0.2, 0.25) is 0 Å². The summed E-state index contributed by atoms with van der Waals surface area (Å²) in [6.07, 6.45) is 11.9. The molecule has 3 aliphatic rings. The van der Waals surface area contributed by atoms with Gasteiger partial charge in [-0.1, -0.05) is 48.5 Å². The Morgan fingerprint density at radius 3 is 1.40 bits per heavy atom. The Hall–Kier alpha value is -1.06. The largest absolute Gasteiger partial charge is 0.465 e. The summed E-state index contributed by atoms with van der Waals surface area (Å²) in [5.41, 5.74) is 0.722. The predicted octanol–water partition coefficient (Wildman–Crippen LogP) is 7.83. The second-order valence-electron chi connectivity index (χ2n) is 14.6. The van der Waals surface area contributed by atoms with Crippen molar-refractivity contribution in [3.63, 3.8) is 0 Å². The molecule has 0 bridgehead atoms. The third kappa shape index (κ3) is 8.22. The first kappa shape index (κ1) is 28.5. The van der Waals surface area contributed by atoms with Crippen LogP contribution in [0.3, 0.4) is 0 Å². The van der Waals surface area contributed by atoms with Crippen molar-refractivity contribution >= 4 is 11.9 Å². The molecule has 0 aliphatic heterocycles. The van der Waals surface area contributed by atoms with Gasteiger partial charge in [0.1, 0.15) is 0 Å². The molecule has 0 N–H and O–H groups in total. The maximum atomic E-state index is 13.1. The van der Waals surface area contributed by atoms with E-state index >= 15 is 0 Å².